The molecule has 122 valence electrons. The summed E-state index contributed by atoms with van der Waals surface area (Å²) in [7, 11) is -3.65. The van der Waals surface area contributed by atoms with E-state index < -0.39 is 15.8 Å². The molecule has 22 heavy (non-hydrogen) atoms. The number of nitrogens with one attached hydrogen (secondary N) is 1. The van der Waals surface area contributed by atoms with E-state index in [1.54, 1.807) is 6.92 Å². The van der Waals surface area contributed by atoms with Crippen molar-refractivity contribution in [1.29, 1.82) is 0 Å². The van der Waals surface area contributed by atoms with Crippen LogP contribution in [0.25, 0.3) is 0 Å². The predicted molar refractivity (Wildman–Crippen MR) is 78.6 cm³/mol. The molecule has 0 unspecified atom stereocenters. The number of hydrogen-bond donors (Lipinski definition) is 1. The van der Waals surface area contributed by atoms with Gasteiger partial charge in [0.15, 0.2) is 0 Å². The lowest BCUT2D eigenvalue weighted by Crippen LogP contribution is -2.49. The van der Waals surface area contributed by atoms with Crippen LogP contribution in [0.3, 0.4) is 0 Å². The van der Waals surface area contributed by atoms with Gasteiger partial charge in [-0.2, -0.15) is 0 Å². The summed E-state index contributed by atoms with van der Waals surface area (Å²) in [5.74, 6) is -0.410. The summed E-state index contributed by atoms with van der Waals surface area (Å²) in [6.45, 7) is 2.71. The van der Waals surface area contributed by atoms with Gasteiger partial charge >= 0.3 is 0 Å². The minimum absolute atomic E-state index is 0.0508. The molecule has 0 aromatic heterocycles. The Bertz CT molecular complexity index is 649. The minimum Gasteiger partial charge on any atom is -0.373 e. The zero-order valence-electron chi connectivity index (χ0n) is 12.4. The standard InChI is InChI=1S/C15H20FNO4S/c1-10-8-12(3-4-13(10)16)22(18,19)17-11-2-5-14-15(9-11)21-7-6-20-14/h3-4,8,11,14-15,17H,2,5-7,9H2,1H3/t11-,14-,15+/m1/s1. The van der Waals surface area contributed by atoms with Crippen LogP contribution in [0.4, 0.5) is 4.39 Å². The van der Waals surface area contributed by atoms with Gasteiger partial charge in [0.25, 0.3) is 0 Å². The van der Waals surface area contributed by atoms with Crippen molar-refractivity contribution < 1.29 is 22.3 Å². The van der Waals surface area contributed by atoms with E-state index in [4.69, 9.17) is 9.47 Å². The third-order valence-corrected chi connectivity index (χ3v) is 5.76. The number of benzene rings is 1. The Morgan fingerprint density at radius 1 is 1.18 bits per heavy atom. The van der Waals surface area contributed by atoms with Crippen LogP contribution in [-0.4, -0.2) is 39.9 Å². The number of sulfonamides is 1. The van der Waals surface area contributed by atoms with Crippen molar-refractivity contribution in [1.82, 2.24) is 4.72 Å². The highest BCUT2D eigenvalue weighted by atomic mass is 32.2. The van der Waals surface area contributed by atoms with Crippen LogP contribution in [0, 0.1) is 12.7 Å². The van der Waals surface area contributed by atoms with Crippen LogP contribution in [0.5, 0.6) is 0 Å². The highest BCUT2D eigenvalue weighted by Gasteiger charge is 2.35. The van der Waals surface area contributed by atoms with E-state index >= 15 is 0 Å². The van der Waals surface area contributed by atoms with E-state index in [-0.39, 0.29) is 23.1 Å². The smallest absolute Gasteiger partial charge is 0.240 e. The Balaban J connectivity index is 1.70. The molecular weight excluding hydrogens is 309 g/mol. The second-order valence-electron chi connectivity index (χ2n) is 5.86. The Kier molecular flexibility index (Phi) is 4.49. The van der Waals surface area contributed by atoms with E-state index in [0.717, 1.165) is 6.42 Å². The summed E-state index contributed by atoms with van der Waals surface area (Å²) in [6.07, 6.45) is 2.11. The molecule has 5 nitrogen and oxygen atoms in total. The molecule has 1 aliphatic carbocycles. The quantitative estimate of drug-likeness (QED) is 0.917. The first-order valence-electron chi connectivity index (χ1n) is 7.47. The molecule has 3 atom stereocenters. The van der Waals surface area contributed by atoms with Gasteiger partial charge in [-0.25, -0.2) is 17.5 Å². The maximum Gasteiger partial charge on any atom is 0.240 e. The highest BCUT2D eigenvalue weighted by molar-refractivity contribution is 7.89. The Labute approximate surface area is 129 Å². The third-order valence-electron chi connectivity index (χ3n) is 4.24. The zero-order chi connectivity index (χ0) is 15.7. The maximum atomic E-state index is 13.3. The summed E-state index contributed by atoms with van der Waals surface area (Å²) in [4.78, 5) is 0.0920. The molecule has 1 saturated heterocycles. The molecule has 1 aromatic rings. The van der Waals surface area contributed by atoms with Crippen LogP contribution in [0.2, 0.25) is 0 Å². The van der Waals surface area contributed by atoms with Crippen molar-refractivity contribution in [2.45, 2.75) is 49.3 Å². The zero-order valence-corrected chi connectivity index (χ0v) is 13.2. The summed E-state index contributed by atoms with van der Waals surface area (Å²) in [6, 6.07) is 3.64. The first kappa shape index (κ1) is 15.9. The largest absolute Gasteiger partial charge is 0.373 e. The predicted octanol–water partition coefficient (Wildman–Crippen LogP) is 1.75. The summed E-state index contributed by atoms with van der Waals surface area (Å²) in [5.41, 5.74) is 0.315. The molecule has 1 aliphatic heterocycles. The van der Waals surface area contributed by atoms with Crippen LogP contribution in [0.1, 0.15) is 24.8 Å². The topological polar surface area (TPSA) is 64.6 Å². The van der Waals surface area contributed by atoms with Crippen LogP contribution >= 0.6 is 0 Å². The van der Waals surface area contributed by atoms with E-state index in [1.807, 2.05) is 0 Å². The average Bonchev–Trinajstić information content (AvgIpc) is 2.49. The summed E-state index contributed by atoms with van der Waals surface area (Å²) >= 11 is 0. The fourth-order valence-corrected chi connectivity index (χ4v) is 4.41. The number of halogens is 1. The first-order chi connectivity index (χ1) is 10.5. The van der Waals surface area contributed by atoms with Crippen LogP contribution in [-0.2, 0) is 19.5 Å². The second kappa shape index (κ2) is 6.23. The molecule has 2 aliphatic rings. The Hall–Kier alpha value is -1.02. The molecule has 2 fully saturated rings. The molecule has 1 saturated carbocycles. The monoisotopic (exact) mass is 329 g/mol. The van der Waals surface area contributed by atoms with Crippen molar-refractivity contribution >= 4 is 10.0 Å². The molecule has 7 heteroatoms. The van der Waals surface area contributed by atoms with Crippen molar-refractivity contribution in [2.75, 3.05) is 13.2 Å². The molecule has 0 amide bonds. The van der Waals surface area contributed by atoms with Crippen molar-refractivity contribution in [3.63, 3.8) is 0 Å². The highest BCUT2D eigenvalue weighted by Crippen LogP contribution is 2.28. The van der Waals surface area contributed by atoms with Gasteiger partial charge in [0.1, 0.15) is 5.82 Å². The lowest BCUT2D eigenvalue weighted by atomic mass is 9.90. The summed E-state index contributed by atoms with van der Waals surface area (Å²) in [5, 5.41) is 0. The van der Waals surface area contributed by atoms with Gasteiger partial charge in [0.2, 0.25) is 10.0 Å². The van der Waals surface area contributed by atoms with Gasteiger partial charge in [-0.15, -0.1) is 0 Å². The minimum atomic E-state index is -3.65. The van der Waals surface area contributed by atoms with Crippen molar-refractivity contribution in [3.05, 3.63) is 29.6 Å². The van der Waals surface area contributed by atoms with E-state index in [9.17, 15) is 12.8 Å². The van der Waals surface area contributed by atoms with E-state index in [2.05, 4.69) is 4.72 Å². The van der Waals surface area contributed by atoms with Gasteiger partial charge in [0, 0.05) is 6.04 Å². The molecule has 0 radical (unpaired) electrons. The second-order valence-corrected chi connectivity index (χ2v) is 7.57. The fourth-order valence-electron chi connectivity index (χ4n) is 3.05. The molecule has 3 rings (SSSR count). The molecule has 0 bridgehead atoms. The van der Waals surface area contributed by atoms with Gasteiger partial charge in [-0.05, 0) is 49.9 Å². The van der Waals surface area contributed by atoms with Gasteiger partial charge in [-0.1, -0.05) is 0 Å². The maximum absolute atomic E-state index is 13.3. The summed E-state index contributed by atoms with van der Waals surface area (Å²) < 4.78 is 52.1. The molecule has 1 aromatic carbocycles. The van der Waals surface area contributed by atoms with Gasteiger partial charge in [-0.3, -0.25) is 0 Å². The molecule has 1 heterocycles. The lowest BCUT2D eigenvalue weighted by molar-refractivity contribution is -0.156. The van der Waals surface area contributed by atoms with E-state index in [0.29, 0.717) is 31.6 Å². The van der Waals surface area contributed by atoms with Gasteiger partial charge < -0.3 is 9.47 Å². The molecular formula is C15H20FNO4S. The fraction of sp³-hybridized carbons (Fsp3) is 0.600. The molecule has 1 N–H and O–H groups in total. The third kappa shape index (κ3) is 3.32. The first-order valence-corrected chi connectivity index (χ1v) is 8.96. The van der Waals surface area contributed by atoms with Crippen LogP contribution < -0.4 is 4.72 Å². The number of ether oxygens (including phenoxy) is 2. The van der Waals surface area contributed by atoms with E-state index in [1.165, 1.54) is 18.2 Å². The normalized spacial score (nSPS) is 29.1. The lowest BCUT2D eigenvalue weighted by Gasteiger charge is -2.38. The van der Waals surface area contributed by atoms with Crippen molar-refractivity contribution in [3.8, 4) is 0 Å². The van der Waals surface area contributed by atoms with Crippen molar-refractivity contribution in [2.24, 2.45) is 0 Å². The number of rotatable bonds is 3. The Morgan fingerprint density at radius 2 is 1.91 bits per heavy atom. The SMILES string of the molecule is Cc1cc(S(=O)(=O)N[C@@H]2CC[C@H]3OCCO[C@H]3C2)ccc1F. The van der Waals surface area contributed by atoms with Gasteiger partial charge in [0.05, 0.1) is 30.3 Å². The number of fused-ring (bicyclic) bond motifs is 1. The number of aryl methyl sites for hydroxylation is 1. The number of hydrogen-bond acceptors (Lipinski definition) is 4. The van der Waals surface area contributed by atoms with Crippen LogP contribution in [0.15, 0.2) is 23.1 Å². The Morgan fingerprint density at radius 3 is 2.64 bits per heavy atom. The molecule has 0 spiro atoms. The average molecular weight is 329 g/mol.